The van der Waals surface area contributed by atoms with Crippen LogP contribution in [-0.2, 0) is 6.54 Å². The van der Waals surface area contributed by atoms with Crippen molar-refractivity contribution in [1.82, 2.24) is 9.78 Å². The standard InChI is InChI=1S/C9H8ClIN2/c1-2-13-5-6-8(12-13)4-3-7(11)9(6)10/h3-5H,2H2,1H3. The molecule has 0 spiro atoms. The Hall–Kier alpha value is -0.290. The predicted octanol–water partition coefficient (Wildman–Crippen LogP) is 3.31. The van der Waals surface area contributed by atoms with E-state index in [9.17, 15) is 0 Å². The highest BCUT2D eigenvalue weighted by molar-refractivity contribution is 14.1. The zero-order valence-corrected chi connectivity index (χ0v) is 10.0. The summed E-state index contributed by atoms with van der Waals surface area (Å²) in [7, 11) is 0. The molecule has 0 atom stereocenters. The Kier molecular flexibility index (Phi) is 2.47. The molecule has 1 heterocycles. The van der Waals surface area contributed by atoms with Crippen molar-refractivity contribution in [2.24, 2.45) is 0 Å². The van der Waals surface area contributed by atoms with Crippen LogP contribution in [0.3, 0.4) is 0 Å². The molecule has 68 valence electrons. The minimum Gasteiger partial charge on any atom is -0.272 e. The molecule has 4 heteroatoms. The second kappa shape index (κ2) is 3.46. The van der Waals surface area contributed by atoms with Crippen molar-refractivity contribution in [2.75, 3.05) is 0 Å². The first kappa shape index (κ1) is 9.27. The van der Waals surface area contributed by atoms with Crippen LogP contribution in [0.25, 0.3) is 10.9 Å². The van der Waals surface area contributed by atoms with E-state index >= 15 is 0 Å². The molecule has 13 heavy (non-hydrogen) atoms. The molecule has 0 amide bonds. The first-order valence-electron chi connectivity index (χ1n) is 4.03. The van der Waals surface area contributed by atoms with Gasteiger partial charge >= 0.3 is 0 Å². The summed E-state index contributed by atoms with van der Waals surface area (Å²) in [5.41, 5.74) is 0.965. The summed E-state index contributed by atoms with van der Waals surface area (Å²) in [5.74, 6) is 0. The Labute approximate surface area is 95.0 Å². The Morgan fingerprint density at radius 2 is 2.31 bits per heavy atom. The maximum Gasteiger partial charge on any atom is 0.0939 e. The zero-order chi connectivity index (χ0) is 9.42. The third-order valence-corrected chi connectivity index (χ3v) is 3.57. The van der Waals surface area contributed by atoms with Gasteiger partial charge in [0.05, 0.1) is 10.5 Å². The van der Waals surface area contributed by atoms with Crippen LogP contribution in [0, 0.1) is 3.57 Å². The van der Waals surface area contributed by atoms with Crippen LogP contribution in [-0.4, -0.2) is 9.78 Å². The van der Waals surface area contributed by atoms with Gasteiger partial charge in [0.2, 0.25) is 0 Å². The maximum atomic E-state index is 6.14. The minimum atomic E-state index is 0.804. The second-order valence-corrected chi connectivity index (χ2v) is 4.32. The van der Waals surface area contributed by atoms with Gasteiger partial charge in [0.15, 0.2) is 0 Å². The summed E-state index contributed by atoms with van der Waals surface area (Å²) in [6.07, 6.45) is 1.99. The van der Waals surface area contributed by atoms with Gasteiger partial charge in [0, 0.05) is 21.7 Å². The van der Waals surface area contributed by atoms with E-state index in [2.05, 4.69) is 34.6 Å². The lowest BCUT2D eigenvalue weighted by molar-refractivity contribution is 0.668. The van der Waals surface area contributed by atoms with Crippen LogP contribution in [0.4, 0.5) is 0 Å². The molecular weight excluding hydrogens is 298 g/mol. The molecule has 0 aliphatic heterocycles. The molecule has 0 aliphatic rings. The quantitative estimate of drug-likeness (QED) is 0.739. The van der Waals surface area contributed by atoms with E-state index in [1.807, 2.05) is 23.0 Å². The molecule has 2 nitrogen and oxygen atoms in total. The molecule has 0 unspecified atom stereocenters. The molecule has 0 saturated heterocycles. The van der Waals surface area contributed by atoms with Crippen LogP contribution in [0.2, 0.25) is 5.02 Å². The molecule has 0 bridgehead atoms. The highest BCUT2D eigenvalue weighted by Crippen LogP contribution is 2.27. The molecule has 0 aliphatic carbocycles. The predicted molar refractivity (Wildman–Crippen MR) is 63.1 cm³/mol. The Morgan fingerprint density at radius 3 is 3.00 bits per heavy atom. The van der Waals surface area contributed by atoms with E-state index in [1.165, 1.54) is 0 Å². The number of benzene rings is 1. The van der Waals surface area contributed by atoms with Crippen molar-refractivity contribution in [1.29, 1.82) is 0 Å². The van der Waals surface area contributed by atoms with Crippen LogP contribution < -0.4 is 0 Å². The molecule has 0 N–H and O–H groups in total. The lowest BCUT2D eigenvalue weighted by Crippen LogP contribution is -1.92. The van der Waals surface area contributed by atoms with Crippen molar-refractivity contribution in [3.63, 3.8) is 0 Å². The van der Waals surface area contributed by atoms with Gasteiger partial charge in [-0.05, 0) is 41.6 Å². The average Bonchev–Trinajstić information content (AvgIpc) is 2.55. The van der Waals surface area contributed by atoms with Crippen molar-refractivity contribution in [3.05, 3.63) is 26.9 Å². The van der Waals surface area contributed by atoms with E-state index < -0.39 is 0 Å². The Balaban J connectivity index is 2.76. The zero-order valence-electron chi connectivity index (χ0n) is 7.09. The molecule has 0 saturated carbocycles. The minimum absolute atomic E-state index is 0.804. The number of rotatable bonds is 1. The van der Waals surface area contributed by atoms with E-state index in [4.69, 9.17) is 11.6 Å². The second-order valence-electron chi connectivity index (χ2n) is 2.78. The van der Waals surface area contributed by atoms with E-state index in [1.54, 1.807) is 0 Å². The first-order chi connectivity index (χ1) is 6.22. The normalized spacial score (nSPS) is 11.0. The highest BCUT2D eigenvalue weighted by atomic mass is 127. The highest BCUT2D eigenvalue weighted by Gasteiger charge is 2.06. The van der Waals surface area contributed by atoms with Gasteiger partial charge in [-0.2, -0.15) is 5.10 Å². The van der Waals surface area contributed by atoms with Gasteiger partial charge in [-0.15, -0.1) is 0 Å². The van der Waals surface area contributed by atoms with Crippen molar-refractivity contribution < 1.29 is 0 Å². The van der Waals surface area contributed by atoms with Gasteiger partial charge in [0.1, 0.15) is 0 Å². The molecular formula is C9H8ClIN2. The number of hydrogen-bond donors (Lipinski definition) is 0. The van der Waals surface area contributed by atoms with Gasteiger partial charge in [-0.3, -0.25) is 4.68 Å². The van der Waals surface area contributed by atoms with E-state index in [0.717, 1.165) is 26.0 Å². The van der Waals surface area contributed by atoms with Crippen LogP contribution in [0.15, 0.2) is 18.3 Å². The number of nitrogens with zero attached hydrogens (tertiary/aromatic N) is 2. The fourth-order valence-electron chi connectivity index (χ4n) is 1.24. The fraction of sp³-hybridized carbons (Fsp3) is 0.222. The third kappa shape index (κ3) is 1.55. The summed E-state index contributed by atoms with van der Waals surface area (Å²) >= 11 is 8.36. The lowest BCUT2D eigenvalue weighted by Gasteiger charge is -1.94. The van der Waals surface area contributed by atoms with Crippen LogP contribution in [0.5, 0.6) is 0 Å². The molecule has 2 aromatic rings. The van der Waals surface area contributed by atoms with Crippen molar-refractivity contribution in [2.45, 2.75) is 13.5 Å². The number of aromatic nitrogens is 2. The SMILES string of the molecule is CCn1cc2c(Cl)c(I)ccc2n1. The Bertz CT molecular complexity index is 450. The molecule has 2 rings (SSSR count). The topological polar surface area (TPSA) is 17.8 Å². The summed E-state index contributed by atoms with van der Waals surface area (Å²) < 4.78 is 2.97. The number of halogens is 2. The molecule has 0 fully saturated rings. The summed E-state index contributed by atoms with van der Waals surface area (Å²) in [6.45, 7) is 2.94. The van der Waals surface area contributed by atoms with E-state index in [0.29, 0.717) is 0 Å². The third-order valence-electron chi connectivity index (χ3n) is 1.95. The van der Waals surface area contributed by atoms with Crippen LogP contribution in [0.1, 0.15) is 6.92 Å². The first-order valence-corrected chi connectivity index (χ1v) is 5.49. The van der Waals surface area contributed by atoms with Crippen molar-refractivity contribution >= 4 is 45.1 Å². The lowest BCUT2D eigenvalue weighted by atomic mass is 10.3. The molecule has 1 aromatic heterocycles. The summed E-state index contributed by atoms with van der Waals surface area (Å²) in [6, 6.07) is 3.98. The van der Waals surface area contributed by atoms with Crippen molar-refractivity contribution in [3.8, 4) is 0 Å². The number of fused-ring (bicyclic) bond motifs is 1. The van der Waals surface area contributed by atoms with Gasteiger partial charge < -0.3 is 0 Å². The van der Waals surface area contributed by atoms with Crippen LogP contribution >= 0.6 is 34.2 Å². The maximum absolute atomic E-state index is 6.14. The van der Waals surface area contributed by atoms with E-state index in [-0.39, 0.29) is 0 Å². The Morgan fingerprint density at radius 1 is 1.54 bits per heavy atom. The smallest absolute Gasteiger partial charge is 0.0939 e. The number of hydrogen-bond acceptors (Lipinski definition) is 1. The summed E-state index contributed by atoms with van der Waals surface area (Å²) in [4.78, 5) is 0. The molecule has 1 aromatic carbocycles. The monoisotopic (exact) mass is 306 g/mol. The fourth-order valence-corrected chi connectivity index (χ4v) is 1.92. The van der Waals surface area contributed by atoms with Gasteiger partial charge in [0.25, 0.3) is 0 Å². The summed E-state index contributed by atoms with van der Waals surface area (Å²) in [5, 5.41) is 6.20. The largest absolute Gasteiger partial charge is 0.272 e. The van der Waals surface area contributed by atoms with Gasteiger partial charge in [-0.1, -0.05) is 11.6 Å². The number of aryl methyl sites for hydroxylation is 1. The van der Waals surface area contributed by atoms with Gasteiger partial charge in [-0.25, -0.2) is 0 Å². The average molecular weight is 307 g/mol. The molecule has 0 radical (unpaired) electrons.